The summed E-state index contributed by atoms with van der Waals surface area (Å²) in [6.45, 7) is 0. The lowest BCUT2D eigenvalue weighted by Crippen LogP contribution is -2.44. The average Bonchev–Trinajstić information content (AvgIpc) is 2.25. The van der Waals surface area contributed by atoms with E-state index >= 15 is 0 Å². The van der Waals surface area contributed by atoms with Crippen LogP contribution in [0.5, 0.6) is 0 Å². The topological polar surface area (TPSA) is 17.1 Å². The largest absolute Gasteiger partial charge is 0.461 e. The number of hydrogen-bond acceptors (Lipinski definition) is 1. The summed E-state index contributed by atoms with van der Waals surface area (Å²) in [5.74, 6) is -7.60. The third-order valence-electron chi connectivity index (χ3n) is 3.39. The molecule has 0 saturated heterocycles. The monoisotopic (exact) mass is 278 g/mol. The van der Waals surface area contributed by atoms with E-state index in [1.165, 1.54) is 18.2 Å². The minimum atomic E-state index is -5.86. The molecule has 0 amide bonds. The van der Waals surface area contributed by atoms with E-state index < -0.39 is 23.4 Å². The summed E-state index contributed by atoms with van der Waals surface area (Å²) in [5.41, 5.74) is -0.225. The maximum Gasteiger partial charge on any atom is 0.461 e. The average molecular weight is 278 g/mol. The van der Waals surface area contributed by atoms with E-state index in [1.807, 2.05) is 0 Å². The van der Waals surface area contributed by atoms with E-state index in [2.05, 4.69) is 0 Å². The van der Waals surface area contributed by atoms with Gasteiger partial charge in [0, 0.05) is 5.56 Å². The summed E-state index contributed by atoms with van der Waals surface area (Å²) in [4.78, 5) is 11.5. The molecule has 19 heavy (non-hydrogen) atoms. The molecule has 0 heterocycles. The number of carbonyl (C=O) groups excluding carboxylic acids is 1. The first-order valence-electron chi connectivity index (χ1n) is 5.83. The molecule has 0 aliphatic heterocycles. The van der Waals surface area contributed by atoms with Crippen LogP contribution in [-0.4, -0.2) is 17.9 Å². The summed E-state index contributed by atoms with van der Waals surface area (Å²) in [7, 11) is 0. The number of Topliss-reactive ketones (excluding diaryl/α,β-unsaturated/α-hetero) is 1. The van der Waals surface area contributed by atoms with Crippen LogP contribution in [0.25, 0.3) is 0 Å². The first-order valence-corrected chi connectivity index (χ1v) is 5.83. The molecule has 1 saturated carbocycles. The normalized spacial score (nSPS) is 17.1. The summed E-state index contributed by atoms with van der Waals surface area (Å²) in [6.07, 6.45) is -3.55. The third-order valence-corrected chi connectivity index (χ3v) is 3.39. The second kappa shape index (κ2) is 4.58. The fourth-order valence-electron chi connectivity index (χ4n) is 2.08. The van der Waals surface area contributed by atoms with Crippen LogP contribution in [0.4, 0.5) is 22.0 Å². The van der Waals surface area contributed by atoms with Crippen molar-refractivity contribution in [1.29, 1.82) is 0 Å². The number of benzene rings is 1. The van der Waals surface area contributed by atoms with Crippen LogP contribution in [0.3, 0.4) is 0 Å². The summed E-state index contributed by atoms with van der Waals surface area (Å²) in [6, 6.07) is 5.32. The van der Waals surface area contributed by atoms with Crippen LogP contribution in [0.15, 0.2) is 24.3 Å². The number of halogens is 5. The molecule has 1 aliphatic rings. The van der Waals surface area contributed by atoms with Crippen LogP contribution in [-0.2, 0) is 0 Å². The zero-order valence-electron chi connectivity index (χ0n) is 9.81. The highest BCUT2D eigenvalue weighted by Gasteiger charge is 2.63. The Bertz CT molecular complexity index is 488. The summed E-state index contributed by atoms with van der Waals surface area (Å²) in [5, 5.41) is 0. The predicted octanol–water partition coefficient (Wildman–Crippen LogP) is 4.33. The molecule has 0 atom stereocenters. The van der Waals surface area contributed by atoms with Gasteiger partial charge in [-0.3, -0.25) is 4.79 Å². The maximum atomic E-state index is 13.1. The van der Waals surface area contributed by atoms with Crippen molar-refractivity contribution in [3.63, 3.8) is 0 Å². The Balaban J connectivity index is 2.39. The highest BCUT2D eigenvalue weighted by atomic mass is 19.4. The number of rotatable bonds is 3. The highest BCUT2D eigenvalue weighted by molar-refractivity contribution is 6.03. The van der Waals surface area contributed by atoms with Crippen molar-refractivity contribution in [3.8, 4) is 0 Å². The van der Waals surface area contributed by atoms with Crippen LogP contribution in [0, 0.1) is 0 Å². The Kier molecular flexibility index (Phi) is 3.36. The third kappa shape index (κ3) is 2.35. The molecule has 104 valence electrons. The van der Waals surface area contributed by atoms with E-state index in [1.54, 1.807) is 0 Å². The van der Waals surface area contributed by atoms with Crippen molar-refractivity contribution < 1.29 is 26.7 Å². The lowest BCUT2D eigenvalue weighted by Gasteiger charge is -2.28. The summed E-state index contributed by atoms with van der Waals surface area (Å²) < 4.78 is 62.9. The lowest BCUT2D eigenvalue weighted by atomic mass is 9.77. The zero-order valence-corrected chi connectivity index (χ0v) is 9.81. The Labute approximate surface area is 106 Å². The van der Waals surface area contributed by atoms with E-state index in [9.17, 15) is 26.7 Å². The molecule has 1 nitrogen and oxygen atoms in total. The minimum Gasteiger partial charge on any atom is -0.287 e. The number of alkyl halides is 5. The molecule has 0 spiro atoms. The fourth-order valence-corrected chi connectivity index (χ4v) is 2.08. The second-order valence-electron chi connectivity index (χ2n) is 4.62. The molecular weight excluding hydrogens is 267 g/mol. The van der Waals surface area contributed by atoms with Crippen molar-refractivity contribution in [2.45, 2.75) is 37.3 Å². The Hall–Kier alpha value is -1.46. The van der Waals surface area contributed by atoms with Crippen molar-refractivity contribution >= 4 is 5.78 Å². The fraction of sp³-hybridized carbons (Fsp3) is 0.462. The highest BCUT2D eigenvalue weighted by Crippen LogP contribution is 2.42. The molecule has 6 heteroatoms. The van der Waals surface area contributed by atoms with Gasteiger partial charge in [-0.15, -0.1) is 0 Å². The maximum absolute atomic E-state index is 13.1. The van der Waals surface area contributed by atoms with Gasteiger partial charge in [-0.25, -0.2) is 0 Å². The van der Waals surface area contributed by atoms with Gasteiger partial charge < -0.3 is 0 Å². The van der Waals surface area contributed by atoms with Gasteiger partial charge in [0.15, 0.2) is 0 Å². The quantitative estimate of drug-likeness (QED) is 0.594. The first kappa shape index (κ1) is 14.0. The van der Waals surface area contributed by atoms with Gasteiger partial charge in [0.05, 0.1) is 0 Å². The number of ketones is 1. The molecular formula is C13H11F5O. The van der Waals surface area contributed by atoms with Gasteiger partial charge >= 0.3 is 12.1 Å². The second-order valence-corrected chi connectivity index (χ2v) is 4.62. The number of carbonyl (C=O) groups is 1. The zero-order chi connectivity index (χ0) is 14.3. The van der Waals surface area contributed by atoms with Crippen molar-refractivity contribution in [2.75, 3.05) is 0 Å². The summed E-state index contributed by atoms with van der Waals surface area (Å²) >= 11 is 0. The molecule has 0 N–H and O–H groups in total. The molecule has 0 aromatic heterocycles. The van der Waals surface area contributed by atoms with E-state index in [0.717, 1.165) is 12.5 Å². The lowest BCUT2D eigenvalue weighted by molar-refractivity contribution is -0.255. The number of hydrogen-bond donors (Lipinski definition) is 0. The van der Waals surface area contributed by atoms with E-state index in [-0.39, 0.29) is 5.92 Å². The van der Waals surface area contributed by atoms with Gasteiger partial charge in [0.25, 0.3) is 0 Å². The Morgan fingerprint density at radius 2 is 1.63 bits per heavy atom. The molecule has 1 aliphatic carbocycles. The molecule has 0 unspecified atom stereocenters. The van der Waals surface area contributed by atoms with Crippen LogP contribution >= 0.6 is 0 Å². The Morgan fingerprint density at radius 1 is 1.05 bits per heavy atom. The minimum absolute atomic E-state index is 0.0933. The molecule has 1 fully saturated rings. The van der Waals surface area contributed by atoms with Crippen molar-refractivity contribution in [1.82, 2.24) is 0 Å². The standard InChI is InChI=1S/C13H11F5O/c14-12(15,13(16,17)18)11(19)10-7-2-1-6-9(10)8-4-3-5-8/h1-2,6-8H,3-5H2. The van der Waals surface area contributed by atoms with Crippen molar-refractivity contribution in [3.05, 3.63) is 35.4 Å². The molecule has 1 aromatic rings. The molecule has 0 bridgehead atoms. The van der Waals surface area contributed by atoms with Crippen LogP contribution in [0.2, 0.25) is 0 Å². The predicted molar refractivity (Wildman–Crippen MR) is 58.4 cm³/mol. The van der Waals surface area contributed by atoms with E-state index in [4.69, 9.17) is 0 Å². The van der Waals surface area contributed by atoms with Crippen LogP contribution in [0.1, 0.15) is 41.1 Å². The molecule has 0 radical (unpaired) electrons. The van der Waals surface area contributed by atoms with Gasteiger partial charge in [-0.1, -0.05) is 30.7 Å². The van der Waals surface area contributed by atoms with Crippen molar-refractivity contribution in [2.24, 2.45) is 0 Å². The van der Waals surface area contributed by atoms with Gasteiger partial charge in [0.1, 0.15) is 0 Å². The van der Waals surface area contributed by atoms with Gasteiger partial charge in [0.2, 0.25) is 5.78 Å². The van der Waals surface area contributed by atoms with Gasteiger partial charge in [-0.2, -0.15) is 22.0 Å². The van der Waals surface area contributed by atoms with Crippen LogP contribution < -0.4 is 0 Å². The van der Waals surface area contributed by atoms with Gasteiger partial charge in [-0.05, 0) is 24.3 Å². The Morgan fingerprint density at radius 3 is 2.11 bits per heavy atom. The smallest absolute Gasteiger partial charge is 0.287 e. The SMILES string of the molecule is O=C(c1ccccc1C1CCC1)C(F)(F)C(F)(F)F. The van der Waals surface area contributed by atoms with E-state index in [0.29, 0.717) is 18.4 Å². The molecule has 1 aromatic carbocycles. The molecule has 2 rings (SSSR count). The first-order chi connectivity index (χ1) is 8.75.